The van der Waals surface area contributed by atoms with Crippen molar-refractivity contribution in [3.05, 3.63) is 222 Å². The second-order valence-corrected chi connectivity index (χ2v) is 18.2. The molecule has 2 heteroatoms. The number of nitrogens with zero attached hydrogens (tertiary/aromatic N) is 1. The Bertz CT molecular complexity index is 3370. The standard InChI is InChI=1S/C60H45NO/c1-59(2)53-16-10-8-14-47(53)48-32-24-43(35-55(48)59)41-22-30-46(31-23-41)61(44-26-18-39(19-27-44)38-12-6-5-7-13-38)45-28-20-40(21-29-45)42-25-33-54-50(34-42)51-37-58-52(36-56(51)60(54,3)4)49-15-9-11-17-57(49)62-58/h5-37H,1-4H3. The third kappa shape index (κ3) is 5.56. The van der Waals surface area contributed by atoms with Gasteiger partial charge >= 0.3 is 0 Å². The van der Waals surface area contributed by atoms with Crippen LogP contribution in [0.3, 0.4) is 0 Å². The molecule has 9 aromatic carbocycles. The van der Waals surface area contributed by atoms with Crippen LogP contribution in [0.4, 0.5) is 17.1 Å². The van der Waals surface area contributed by atoms with Crippen LogP contribution in [0.5, 0.6) is 0 Å². The summed E-state index contributed by atoms with van der Waals surface area (Å²) in [5.74, 6) is 0. The summed E-state index contributed by atoms with van der Waals surface area (Å²) in [5.41, 5.74) is 23.0. The van der Waals surface area contributed by atoms with Gasteiger partial charge in [-0.05, 0) is 145 Å². The molecule has 2 nitrogen and oxygen atoms in total. The highest BCUT2D eigenvalue weighted by molar-refractivity contribution is 6.07. The van der Waals surface area contributed by atoms with Gasteiger partial charge < -0.3 is 9.32 Å². The Labute approximate surface area is 363 Å². The van der Waals surface area contributed by atoms with Crippen molar-refractivity contribution in [2.24, 2.45) is 0 Å². The lowest BCUT2D eigenvalue weighted by molar-refractivity contribution is 0.658. The van der Waals surface area contributed by atoms with Crippen LogP contribution < -0.4 is 4.90 Å². The van der Waals surface area contributed by atoms with E-state index in [2.05, 4.69) is 227 Å². The number of hydrogen-bond acceptors (Lipinski definition) is 2. The minimum absolute atomic E-state index is 0.0418. The Morgan fingerprint density at radius 1 is 0.306 bits per heavy atom. The molecule has 1 aromatic heterocycles. The molecule has 0 amide bonds. The van der Waals surface area contributed by atoms with Gasteiger partial charge in [-0.25, -0.2) is 0 Å². The number of anilines is 3. The van der Waals surface area contributed by atoms with Gasteiger partial charge in [-0.1, -0.05) is 161 Å². The molecule has 0 saturated heterocycles. The van der Waals surface area contributed by atoms with Gasteiger partial charge in [-0.15, -0.1) is 0 Å². The molecule has 0 unspecified atom stereocenters. The van der Waals surface area contributed by atoms with E-state index in [0.29, 0.717) is 0 Å². The molecule has 0 atom stereocenters. The van der Waals surface area contributed by atoms with Crippen LogP contribution in [0.25, 0.3) is 77.6 Å². The summed E-state index contributed by atoms with van der Waals surface area (Å²) >= 11 is 0. The van der Waals surface area contributed by atoms with Gasteiger partial charge in [0.2, 0.25) is 0 Å². The van der Waals surface area contributed by atoms with Crippen molar-refractivity contribution < 1.29 is 4.42 Å². The van der Waals surface area contributed by atoms with Crippen molar-refractivity contribution in [2.75, 3.05) is 4.90 Å². The monoisotopic (exact) mass is 795 g/mol. The van der Waals surface area contributed by atoms with E-state index in [4.69, 9.17) is 4.42 Å². The summed E-state index contributed by atoms with van der Waals surface area (Å²) in [6.45, 7) is 9.39. The normalized spacial score (nSPS) is 14.1. The molecule has 2 aliphatic carbocycles. The molecule has 0 fully saturated rings. The summed E-state index contributed by atoms with van der Waals surface area (Å²) in [7, 11) is 0. The van der Waals surface area contributed by atoms with E-state index in [1.54, 1.807) is 0 Å². The van der Waals surface area contributed by atoms with Gasteiger partial charge in [0.15, 0.2) is 0 Å². The van der Waals surface area contributed by atoms with Gasteiger partial charge in [0, 0.05) is 38.7 Å². The topological polar surface area (TPSA) is 16.4 Å². The van der Waals surface area contributed by atoms with E-state index in [0.717, 1.165) is 28.2 Å². The Hall–Kier alpha value is -7.42. The highest BCUT2D eigenvalue weighted by Gasteiger charge is 2.37. The lowest BCUT2D eigenvalue weighted by Gasteiger charge is -2.26. The molecule has 0 spiro atoms. The quantitative estimate of drug-likeness (QED) is 0.167. The lowest BCUT2D eigenvalue weighted by Crippen LogP contribution is -2.14. The number of benzene rings is 9. The fraction of sp³-hybridized carbons (Fsp3) is 0.100. The van der Waals surface area contributed by atoms with Gasteiger partial charge in [0.25, 0.3) is 0 Å². The van der Waals surface area contributed by atoms with E-state index in [1.807, 2.05) is 6.07 Å². The molecule has 0 aliphatic heterocycles. The van der Waals surface area contributed by atoms with E-state index in [1.165, 1.54) is 88.7 Å². The van der Waals surface area contributed by atoms with Gasteiger partial charge in [-0.2, -0.15) is 0 Å². The van der Waals surface area contributed by atoms with Crippen molar-refractivity contribution in [3.63, 3.8) is 0 Å². The van der Waals surface area contributed by atoms with Crippen LogP contribution in [-0.4, -0.2) is 0 Å². The minimum Gasteiger partial charge on any atom is -0.456 e. The zero-order valence-electron chi connectivity index (χ0n) is 35.4. The van der Waals surface area contributed by atoms with Crippen molar-refractivity contribution in [3.8, 4) is 55.6 Å². The molecule has 0 N–H and O–H groups in total. The molecule has 10 aromatic rings. The molecule has 1 heterocycles. The zero-order chi connectivity index (χ0) is 41.7. The second-order valence-electron chi connectivity index (χ2n) is 18.2. The first-order valence-corrected chi connectivity index (χ1v) is 21.7. The first-order chi connectivity index (χ1) is 30.2. The Morgan fingerprint density at radius 2 is 0.774 bits per heavy atom. The van der Waals surface area contributed by atoms with E-state index < -0.39 is 0 Å². The summed E-state index contributed by atoms with van der Waals surface area (Å²) in [5, 5.41) is 2.35. The smallest absolute Gasteiger partial charge is 0.136 e. The van der Waals surface area contributed by atoms with Crippen LogP contribution in [0.15, 0.2) is 205 Å². The fourth-order valence-electron chi connectivity index (χ4n) is 10.5. The van der Waals surface area contributed by atoms with Crippen molar-refractivity contribution in [1.82, 2.24) is 0 Å². The first kappa shape index (κ1) is 36.4. The molecule has 0 bridgehead atoms. The number of hydrogen-bond donors (Lipinski definition) is 0. The van der Waals surface area contributed by atoms with E-state index in [9.17, 15) is 0 Å². The predicted octanol–water partition coefficient (Wildman–Crippen LogP) is 16.7. The first-order valence-electron chi connectivity index (χ1n) is 21.7. The summed E-state index contributed by atoms with van der Waals surface area (Å²) in [6.07, 6.45) is 0. The molecular weight excluding hydrogens is 751 g/mol. The molecule has 296 valence electrons. The average molecular weight is 796 g/mol. The third-order valence-corrected chi connectivity index (χ3v) is 13.9. The largest absolute Gasteiger partial charge is 0.456 e. The van der Waals surface area contributed by atoms with Crippen molar-refractivity contribution in [1.29, 1.82) is 0 Å². The molecular formula is C60H45NO. The number of fused-ring (bicyclic) bond motifs is 9. The molecule has 0 radical (unpaired) electrons. The van der Waals surface area contributed by atoms with Crippen molar-refractivity contribution in [2.45, 2.75) is 38.5 Å². The molecule has 62 heavy (non-hydrogen) atoms. The third-order valence-electron chi connectivity index (χ3n) is 13.9. The van der Waals surface area contributed by atoms with Crippen molar-refractivity contribution >= 4 is 39.0 Å². The van der Waals surface area contributed by atoms with Crippen LogP contribution in [0, 0.1) is 0 Å². The Balaban J connectivity index is 0.902. The maximum absolute atomic E-state index is 6.37. The fourth-order valence-corrected chi connectivity index (χ4v) is 10.5. The average Bonchev–Trinajstić information content (AvgIpc) is 3.88. The summed E-state index contributed by atoms with van der Waals surface area (Å²) in [6, 6.07) is 73.5. The minimum atomic E-state index is -0.116. The van der Waals surface area contributed by atoms with E-state index >= 15 is 0 Å². The Morgan fingerprint density at radius 3 is 1.45 bits per heavy atom. The lowest BCUT2D eigenvalue weighted by atomic mass is 9.81. The zero-order valence-corrected chi connectivity index (χ0v) is 35.4. The van der Waals surface area contributed by atoms with E-state index in [-0.39, 0.29) is 10.8 Å². The highest BCUT2D eigenvalue weighted by Crippen LogP contribution is 2.52. The van der Waals surface area contributed by atoms with Gasteiger partial charge in [-0.3, -0.25) is 0 Å². The summed E-state index contributed by atoms with van der Waals surface area (Å²) in [4.78, 5) is 2.37. The summed E-state index contributed by atoms with van der Waals surface area (Å²) < 4.78 is 6.37. The molecule has 0 saturated carbocycles. The molecule has 12 rings (SSSR count). The highest BCUT2D eigenvalue weighted by atomic mass is 16.3. The van der Waals surface area contributed by atoms with Crippen LogP contribution >= 0.6 is 0 Å². The van der Waals surface area contributed by atoms with Gasteiger partial charge in [0.1, 0.15) is 11.2 Å². The predicted molar refractivity (Wildman–Crippen MR) is 260 cm³/mol. The van der Waals surface area contributed by atoms with Crippen LogP contribution in [-0.2, 0) is 10.8 Å². The van der Waals surface area contributed by atoms with Crippen LogP contribution in [0.2, 0.25) is 0 Å². The number of rotatable bonds is 6. The number of furan rings is 1. The second kappa shape index (κ2) is 13.5. The Kier molecular flexibility index (Phi) is 7.96. The SMILES string of the molecule is CC1(C)c2ccccc2-c2ccc(-c3ccc(N(c4ccc(-c5ccccc5)cc4)c4ccc(-c5ccc6c(c5)-c5cc7oc8ccccc8c7cc5C6(C)C)cc4)cc3)cc21. The molecule has 2 aliphatic rings. The maximum atomic E-state index is 6.37. The maximum Gasteiger partial charge on any atom is 0.136 e. The number of para-hydroxylation sites is 1. The van der Waals surface area contributed by atoms with Crippen LogP contribution in [0.1, 0.15) is 49.9 Å². The van der Waals surface area contributed by atoms with Gasteiger partial charge in [0.05, 0.1) is 0 Å².